The fraction of sp³-hybridized carbons (Fsp3) is 0. The summed E-state index contributed by atoms with van der Waals surface area (Å²) in [5.41, 5.74) is 3.92. The van der Waals surface area contributed by atoms with Crippen LogP contribution in [0.1, 0.15) is 11.1 Å². The fourth-order valence-electron chi connectivity index (χ4n) is 2.65. The number of hydrogen-bond acceptors (Lipinski definition) is 4. The minimum Gasteiger partial charge on any atom is -0.360 e. The van der Waals surface area contributed by atoms with E-state index in [-0.39, 0.29) is 11.4 Å². The molecule has 0 saturated carbocycles. The lowest BCUT2D eigenvalue weighted by Gasteiger charge is -2.25. The van der Waals surface area contributed by atoms with Gasteiger partial charge in [0.1, 0.15) is 0 Å². The minimum absolute atomic E-state index is 0.00920. The van der Waals surface area contributed by atoms with E-state index in [1.54, 1.807) is 36.7 Å². The molecule has 2 aliphatic heterocycles. The summed E-state index contributed by atoms with van der Waals surface area (Å²) in [6.07, 6.45) is 6.68. The fourth-order valence-corrected chi connectivity index (χ4v) is 2.65. The van der Waals surface area contributed by atoms with Crippen molar-refractivity contribution < 1.29 is 0 Å². The molecule has 6 heteroatoms. The highest BCUT2D eigenvalue weighted by Crippen LogP contribution is 2.43. The van der Waals surface area contributed by atoms with E-state index in [9.17, 15) is 0 Å². The SMILES string of the molecule is [C-]#[N+]/C(C#N)=C1/C=CNc2c1ccc1c2NC=C/C1=C(/C#N)[N+]#[C-]. The van der Waals surface area contributed by atoms with E-state index < -0.39 is 0 Å². The first-order chi connectivity index (χ1) is 11.7. The number of fused-ring (bicyclic) bond motifs is 3. The van der Waals surface area contributed by atoms with Crippen LogP contribution in [-0.2, 0) is 0 Å². The van der Waals surface area contributed by atoms with Crippen LogP contribution >= 0.6 is 0 Å². The Balaban J connectivity index is 2.30. The zero-order valence-electron chi connectivity index (χ0n) is 12.3. The van der Waals surface area contributed by atoms with Crippen LogP contribution in [0.15, 0.2) is 48.1 Å². The van der Waals surface area contributed by atoms with Gasteiger partial charge in [0, 0.05) is 23.5 Å². The average molecular weight is 308 g/mol. The Hall–Kier alpha value is -4.26. The van der Waals surface area contributed by atoms with Gasteiger partial charge < -0.3 is 10.6 Å². The van der Waals surface area contributed by atoms with Gasteiger partial charge in [-0.15, -0.1) is 0 Å². The molecule has 0 fully saturated rings. The summed E-state index contributed by atoms with van der Waals surface area (Å²) in [5, 5.41) is 24.5. The summed E-state index contributed by atoms with van der Waals surface area (Å²) in [7, 11) is 0. The van der Waals surface area contributed by atoms with Gasteiger partial charge >= 0.3 is 0 Å². The molecule has 0 radical (unpaired) electrons. The van der Waals surface area contributed by atoms with Crippen molar-refractivity contribution >= 4 is 22.5 Å². The van der Waals surface area contributed by atoms with Crippen LogP contribution in [0.5, 0.6) is 0 Å². The molecule has 0 bridgehead atoms. The van der Waals surface area contributed by atoms with E-state index in [1.807, 2.05) is 12.1 Å². The first-order valence-electron chi connectivity index (χ1n) is 6.82. The largest absolute Gasteiger partial charge is 0.360 e. The molecule has 0 atom stereocenters. The van der Waals surface area contributed by atoms with Crippen molar-refractivity contribution in [3.05, 3.63) is 82.0 Å². The summed E-state index contributed by atoms with van der Waals surface area (Å²) in [4.78, 5) is 6.55. The molecule has 24 heavy (non-hydrogen) atoms. The molecule has 2 aliphatic rings. The van der Waals surface area contributed by atoms with Crippen molar-refractivity contribution in [2.75, 3.05) is 10.6 Å². The normalized spacial score (nSPS) is 17.5. The van der Waals surface area contributed by atoms with Gasteiger partial charge in [0.15, 0.2) is 0 Å². The average Bonchev–Trinajstić information content (AvgIpc) is 2.64. The quantitative estimate of drug-likeness (QED) is 0.563. The van der Waals surface area contributed by atoms with E-state index in [2.05, 4.69) is 20.3 Å². The van der Waals surface area contributed by atoms with E-state index in [4.69, 9.17) is 23.7 Å². The van der Waals surface area contributed by atoms with Crippen molar-refractivity contribution in [2.45, 2.75) is 0 Å². The highest BCUT2D eigenvalue weighted by Gasteiger charge is 2.23. The molecule has 0 spiro atoms. The lowest BCUT2D eigenvalue weighted by molar-refractivity contribution is 1.41. The maximum Gasteiger partial charge on any atom is 0.269 e. The Bertz CT molecular complexity index is 922. The van der Waals surface area contributed by atoms with Crippen molar-refractivity contribution in [1.82, 2.24) is 0 Å². The minimum atomic E-state index is 0.00920. The van der Waals surface area contributed by atoms with E-state index in [0.717, 1.165) is 0 Å². The molecule has 2 N–H and O–H groups in total. The van der Waals surface area contributed by atoms with Gasteiger partial charge in [-0.1, -0.05) is 12.1 Å². The van der Waals surface area contributed by atoms with Crippen molar-refractivity contribution in [1.29, 1.82) is 10.5 Å². The second-order valence-electron chi connectivity index (χ2n) is 4.84. The number of nitriles is 2. The maximum absolute atomic E-state index is 9.14. The summed E-state index contributed by atoms with van der Waals surface area (Å²) in [6.45, 7) is 14.3. The first-order valence-corrected chi connectivity index (χ1v) is 6.82. The van der Waals surface area contributed by atoms with Gasteiger partial charge in [-0.3, -0.25) is 0 Å². The Labute approximate surface area is 138 Å². The Morgan fingerprint density at radius 2 is 1.25 bits per heavy atom. The van der Waals surface area contributed by atoms with Crippen LogP contribution in [0, 0.1) is 35.8 Å². The topological polar surface area (TPSA) is 80.4 Å². The Morgan fingerprint density at radius 1 is 0.833 bits per heavy atom. The van der Waals surface area contributed by atoms with E-state index >= 15 is 0 Å². The molecule has 0 unspecified atom stereocenters. The van der Waals surface area contributed by atoms with Crippen LogP contribution < -0.4 is 10.6 Å². The number of hydrogen-bond donors (Lipinski definition) is 2. The number of nitrogens with zero attached hydrogens (tertiary/aromatic N) is 4. The third kappa shape index (κ3) is 2.09. The molecule has 0 aromatic heterocycles. The van der Waals surface area contributed by atoms with E-state index in [1.165, 1.54) is 0 Å². The smallest absolute Gasteiger partial charge is 0.269 e. The molecule has 2 heterocycles. The summed E-state index contributed by atoms with van der Waals surface area (Å²) < 4.78 is 0. The van der Waals surface area contributed by atoms with Crippen molar-refractivity contribution in [2.24, 2.45) is 0 Å². The molecule has 0 saturated heterocycles. The maximum atomic E-state index is 9.14. The lowest BCUT2D eigenvalue weighted by atomic mass is 9.91. The molecule has 1 aromatic rings. The third-order valence-electron chi connectivity index (χ3n) is 3.69. The first kappa shape index (κ1) is 14.7. The lowest BCUT2D eigenvalue weighted by Crippen LogP contribution is -2.09. The Morgan fingerprint density at radius 3 is 1.58 bits per heavy atom. The predicted molar refractivity (Wildman–Crippen MR) is 90.2 cm³/mol. The molecule has 0 aliphatic carbocycles. The number of rotatable bonds is 0. The van der Waals surface area contributed by atoms with Gasteiger partial charge in [-0.2, -0.15) is 0 Å². The second-order valence-corrected chi connectivity index (χ2v) is 4.84. The summed E-state index contributed by atoms with van der Waals surface area (Å²) >= 11 is 0. The molecule has 6 nitrogen and oxygen atoms in total. The number of anilines is 2. The zero-order valence-corrected chi connectivity index (χ0v) is 12.3. The molecular formula is C18H8N6. The predicted octanol–water partition coefficient (Wildman–Crippen LogP) is 3.87. The number of nitrogens with one attached hydrogen (secondary N) is 2. The van der Waals surface area contributed by atoms with Gasteiger partial charge in [0.05, 0.1) is 36.7 Å². The van der Waals surface area contributed by atoms with Crippen molar-refractivity contribution in [3.63, 3.8) is 0 Å². The molecule has 3 rings (SSSR count). The van der Waals surface area contributed by atoms with Crippen LogP contribution in [0.3, 0.4) is 0 Å². The highest BCUT2D eigenvalue weighted by atomic mass is 15.0. The summed E-state index contributed by atoms with van der Waals surface area (Å²) in [5.74, 6) is 0. The summed E-state index contributed by atoms with van der Waals surface area (Å²) in [6, 6.07) is 7.38. The zero-order chi connectivity index (χ0) is 17.1. The van der Waals surface area contributed by atoms with Crippen molar-refractivity contribution in [3.8, 4) is 12.1 Å². The van der Waals surface area contributed by atoms with Gasteiger partial charge in [0.25, 0.3) is 11.4 Å². The molecule has 0 amide bonds. The van der Waals surface area contributed by atoms with Crippen LogP contribution in [0.4, 0.5) is 11.4 Å². The Kier molecular flexibility index (Phi) is 3.58. The monoisotopic (exact) mass is 308 g/mol. The standard InChI is InChI=1S/C18H8N6/c1-21-15(9-19)11-5-7-23-17-13(11)3-4-14-12(16(10-20)22-2)6-8-24-18(14)17/h3-8,23-24H/b15-11-,16-12+. The van der Waals surface area contributed by atoms with Crippen LogP contribution in [0.25, 0.3) is 20.8 Å². The molecular weight excluding hydrogens is 300 g/mol. The highest BCUT2D eigenvalue weighted by molar-refractivity contribution is 6.01. The van der Waals surface area contributed by atoms with Gasteiger partial charge in [0.2, 0.25) is 0 Å². The second kappa shape index (κ2) is 5.85. The number of allylic oxidation sites excluding steroid dienone is 6. The van der Waals surface area contributed by atoms with Gasteiger partial charge in [-0.25, -0.2) is 20.2 Å². The van der Waals surface area contributed by atoms with Gasteiger partial charge in [-0.05, 0) is 23.3 Å². The molecule has 110 valence electrons. The third-order valence-corrected chi connectivity index (χ3v) is 3.69. The number of benzene rings is 1. The van der Waals surface area contributed by atoms with E-state index in [0.29, 0.717) is 33.6 Å². The molecule has 1 aromatic carbocycles. The van der Waals surface area contributed by atoms with Crippen LogP contribution in [0.2, 0.25) is 0 Å². The van der Waals surface area contributed by atoms with Crippen LogP contribution in [-0.4, -0.2) is 0 Å².